The zero-order valence-corrected chi connectivity index (χ0v) is 27.6. The van der Waals surface area contributed by atoms with Crippen molar-refractivity contribution in [2.45, 2.75) is 0 Å². The third-order valence-corrected chi connectivity index (χ3v) is 9.48. The van der Waals surface area contributed by atoms with E-state index in [2.05, 4.69) is 116 Å². The van der Waals surface area contributed by atoms with Gasteiger partial charge in [-0.15, -0.1) is 0 Å². The minimum Gasteiger partial charge on any atom is -0.497 e. The van der Waals surface area contributed by atoms with Crippen molar-refractivity contribution in [2.24, 2.45) is 0 Å². The molecular formula is C44H32N4O2. The Kier molecular flexibility index (Phi) is 7.13. The summed E-state index contributed by atoms with van der Waals surface area (Å²) in [5, 5.41) is 4.50. The lowest BCUT2D eigenvalue weighted by Crippen LogP contribution is -2.02. The molecule has 0 saturated carbocycles. The molecule has 3 heterocycles. The molecule has 3 aromatic heterocycles. The number of rotatable bonds is 6. The highest BCUT2D eigenvalue weighted by atomic mass is 16.5. The van der Waals surface area contributed by atoms with Gasteiger partial charge in [-0.3, -0.25) is 9.97 Å². The highest BCUT2D eigenvalue weighted by Gasteiger charge is 2.15. The molecule has 6 nitrogen and oxygen atoms in total. The smallest absolute Gasteiger partial charge is 0.119 e. The molecule has 0 unspecified atom stereocenters. The first-order valence-corrected chi connectivity index (χ1v) is 16.5. The van der Waals surface area contributed by atoms with Crippen molar-refractivity contribution in [2.75, 3.05) is 14.2 Å². The highest BCUT2D eigenvalue weighted by Crippen LogP contribution is 2.37. The molecule has 0 aliphatic rings. The van der Waals surface area contributed by atoms with E-state index in [0.29, 0.717) is 0 Å². The molecule has 0 aliphatic heterocycles. The molecule has 0 amide bonds. The Balaban J connectivity index is 1.50. The quantitative estimate of drug-likeness (QED) is 0.180. The molecule has 6 aromatic carbocycles. The van der Waals surface area contributed by atoms with Crippen LogP contribution in [-0.2, 0) is 0 Å². The second kappa shape index (κ2) is 12.1. The summed E-state index contributed by atoms with van der Waals surface area (Å²) in [4.78, 5) is 8.89. The molecule has 0 fully saturated rings. The summed E-state index contributed by atoms with van der Waals surface area (Å²) in [5.41, 5.74) is 10.6. The summed E-state index contributed by atoms with van der Waals surface area (Å²) in [6.07, 6.45) is 7.47. The molecule has 9 rings (SSSR count). The summed E-state index contributed by atoms with van der Waals surface area (Å²) >= 11 is 0. The van der Waals surface area contributed by atoms with Gasteiger partial charge in [-0.2, -0.15) is 0 Å². The molecular weight excluding hydrogens is 617 g/mol. The van der Waals surface area contributed by atoms with Gasteiger partial charge in [0.2, 0.25) is 0 Å². The van der Waals surface area contributed by atoms with Crippen molar-refractivity contribution in [3.63, 3.8) is 0 Å². The monoisotopic (exact) mass is 648 g/mol. The SMILES string of the molecule is COc1ccc(-n2c3ccc4cc(-c5cccnc5)cc(c4c3)n(-c3ccc(OC)cc3)c3ccc4cc(-c5cccnc5)cc2c4c3)cc1. The maximum atomic E-state index is 5.56. The first kappa shape index (κ1) is 29.5. The molecule has 0 N–H and O–H groups in total. The third-order valence-electron chi connectivity index (χ3n) is 9.48. The van der Waals surface area contributed by atoms with Gasteiger partial charge in [-0.1, -0.05) is 24.3 Å². The number of hydrogen-bond acceptors (Lipinski definition) is 4. The van der Waals surface area contributed by atoms with E-state index < -0.39 is 0 Å². The average Bonchev–Trinajstić information content (AvgIpc) is 3.19. The highest BCUT2D eigenvalue weighted by molar-refractivity contribution is 6.07. The second-order valence-electron chi connectivity index (χ2n) is 12.4. The largest absolute Gasteiger partial charge is 0.497 e. The van der Waals surface area contributed by atoms with Crippen LogP contribution in [0.3, 0.4) is 0 Å². The molecule has 0 aliphatic carbocycles. The molecule has 50 heavy (non-hydrogen) atoms. The Labute approximate surface area is 289 Å². The van der Waals surface area contributed by atoms with E-state index in [1.165, 1.54) is 0 Å². The van der Waals surface area contributed by atoms with Crippen molar-refractivity contribution in [3.8, 4) is 45.1 Å². The van der Waals surface area contributed by atoms with Gasteiger partial charge in [0.1, 0.15) is 11.5 Å². The maximum absolute atomic E-state index is 5.56. The number of benzene rings is 6. The van der Waals surface area contributed by atoms with Crippen LogP contribution in [0, 0.1) is 0 Å². The number of pyridine rings is 2. The van der Waals surface area contributed by atoms with Gasteiger partial charge >= 0.3 is 0 Å². The van der Waals surface area contributed by atoms with Crippen LogP contribution in [-0.4, -0.2) is 33.3 Å². The molecule has 0 atom stereocenters. The van der Waals surface area contributed by atoms with Gasteiger partial charge in [-0.05, 0) is 131 Å². The van der Waals surface area contributed by atoms with E-state index in [9.17, 15) is 0 Å². The number of aromatic nitrogens is 4. The fourth-order valence-corrected chi connectivity index (χ4v) is 7.02. The Hall–Kier alpha value is -6.66. The Morgan fingerprint density at radius 2 is 0.880 bits per heavy atom. The minimum atomic E-state index is 0.810. The lowest BCUT2D eigenvalue weighted by molar-refractivity contribution is 0.414. The van der Waals surface area contributed by atoms with E-state index in [4.69, 9.17) is 9.47 Å². The Morgan fingerprint density at radius 1 is 0.440 bits per heavy atom. The Bertz CT molecular complexity index is 2510. The maximum Gasteiger partial charge on any atom is 0.119 e. The molecule has 240 valence electrons. The van der Waals surface area contributed by atoms with Gasteiger partial charge in [0, 0.05) is 69.1 Å². The van der Waals surface area contributed by atoms with Gasteiger partial charge < -0.3 is 18.6 Å². The zero-order chi connectivity index (χ0) is 33.6. The summed E-state index contributed by atoms with van der Waals surface area (Å²) in [6.45, 7) is 0. The van der Waals surface area contributed by atoms with Crippen molar-refractivity contribution in [1.82, 2.24) is 19.1 Å². The molecule has 0 spiro atoms. The van der Waals surface area contributed by atoms with E-state index in [-0.39, 0.29) is 0 Å². The van der Waals surface area contributed by atoms with Crippen molar-refractivity contribution < 1.29 is 9.47 Å². The molecule has 9 aromatic rings. The average molecular weight is 649 g/mol. The van der Waals surface area contributed by atoms with Crippen LogP contribution in [0.1, 0.15) is 0 Å². The van der Waals surface area contributed by atoms with Crippen LogP contribution in [0.15, 0.2) is 158 Å². The number of methoxy groups -OCH3 is 2. The summed E-state index contributed by atoms with van der Waals surface area (Å²) in [6, 6.07) is 47.4. The van der Waals surface area contributed by atoms with Gasteiger partial charge in [0.25, 0.3) is 0 Å². The summed E-state index contributed by atoms with van der Waals surface area (Å²) in [5.74, 6) is 1.62. The topological polar surface area (TPSA) is 54.1 Å². The van der Waals surface area contributed by atoms with Crippen molar-refractivity contribution in [1.29, 1.82) is 0 Å². The summed E-state index contributed by atoms with van der Waals surface area (Å²) in [7, 11) is 3.40. The van der Waals surface area contributed by atoms with Gasteiger partial charge in [-0.25, -0.2) is 0 Å². The lowest BCUT2D eigenvalue weighted by atomic mass is 9.98. The normalized spacial score (nSPS) is 11.4. The second-order valence-corrected chi connectivity index (χ2v) is 12.4. The van der Waals surface area contributed by atoms with Crippen LogP contribution in [0.4, 0.5) is 0 Å². The molecule has 6 heteroatoms. The Morgan fingerprint density at radius 3 is 1.26 bits per heavy atom. The predicted molar refractivity (Wildman–Crippen MR) is 203 cm³/mol. The fraction of sp³-hybridized carbons (Fsp3) is 0.0455. The van der Waals surface area contributed by atoms with Gasteiger partial charge in [0.05, 0.1) is 25.3 Å². The fourth-order valence-electron chi connectivity index (χ4n) is 7.02. The van der Waals surface area contributed by atoms with E-state index >= 15 is 0 Å². The number of hydrogen-bond donors (Lipinski definition) is 0. The van der Waals surface area contributed by atoms with Gasteiger partial charge in [0.15, 0.2) is 0 Å². The lowest BCUT2D eigenvalue weighted by Gasteiger charge is -2.20. The number of ether oxygens (including phenoxy) is 2. The molecule has 4 bridgehead atoms. The van der Waals surface area contributed by atoms with Crippen LogP contribution in [0.2, 0.25) is 0 Å². The van der Waals surface area contributed by atoms with E-state index in [1.807, 2.05) is 61.2 Å². The number of nitrogens with zero attached hydrogens (tertiary/aromatic N) is 4. The predicted octanol–water partition coefficient (Wildman–Crippen LogP) is 10.6. The standard InChI is InChI=1S/C44H32N4O2/c1-49-39-15-11-35(12-16-39)47-37-9-7-30-22-34(32-6-4-20-46-28-32)24-44(42(30)25-37)48(36-13-17-40(50-2)18-14-36)38-10-8-29-21-33(23-43(47)41(29)26-38)31-5-3-19-45-27-31/h3-28H,1-2H3. The van der Waals surface area contributed by atoms with Crippen molar-refractivity contribution >= 4 is 43.6 Å². The van der Waals surface area contributed by atoms with E-state index in [0.717, 1.165) is 88.7 Å². The van der Waals surface area contributed by atoms with Crippen LogP contribution >= 0.6 is 0 Å². The van der Waals surface area contributed by atoms with E-state index in [1.54, 1.807) is 14.2 Å². The van der Waals surface area contributed by atoms with Crippen LogP contribution in [0.25, 0.3) is 77.2 Å². The molecule has 0 radical (unpaired) electrons. The van der Waals surface area contributed by atoms with Crippen LogP contribution in [0.5, 0.6) is 11.5 Å². The zero-order valence-electron chi connectivity index (χ0n) is 27.6. The third kappa shape index (κ3) is 5.06. The minimum absolute atomic E-state index is 0.810. The van der Waals surface area contributed by atoms with Crippen LogP contribution < -0.4 is 9.47 Å². The first-order chi connectivity index (χ1) is 24.7. The van der Waals surface area contributed by atoms with Crippen molar-refractivity contribution in [3.05, 3.63) is 158 Å². The first-order valence-electron chi connectivity index (χ1n) is 16.5. The summed E-state index contributed by atoms with van der Waals surface area (Å²) < 4.78 is 15.8. The molecule has 0 saturated heterocycles. The number of fused-ring (bicyclic) bond motifs is 2.